The van der Waals surface area contributed by atoms with Crippen LogP contribution in [-0.2, 0) is 0 Å². The Morgan fingerprint density at radius 3 is 2.79 bits per heavy atom. The molecule has 0 saturated heterocycles. The topological polar surface area (TPSA) is 0 Å². The minimum absolute atomic E-state index is 0.476. The number of rotatable bonds is 3. The van der Waals surface area contributed by atoms with Crippen LogP contribution in [0.25, 0.3) is 11.6 Å². The molecule has 98 valence electrons. The standard InChI is InChI=1S/C18H19I/c1-4-7-13(2)10-11-17-14(3)16-9-6-5-8-15(16)12-18(17)19/h4-12,17-18H,1H2,2-3H3/b11-10-,13-7+/t17?,18-/m0/s1. The van der Waals surface area contributed by atoms with Gasteiger partial charge in [0.1, 0.15) is 0 Å². The number of hydrogen-bond acceptors (Lipinski definition) is 0. The molecule has 0 N–H and O–H groups in total. The van der Waals surface area contributed by atoms with Crippen molar-refractivity contribution >= 4 is 34.2 Å². The Hall–Kier alpha value is -1.09. The summed E-state index contributed by atoms with van der Waals surface area (Å²) in [5.74, 6) is 0.476. The summed E-state index contributed by atoms with van der Waals surface area (Å²) < 4.78 is 0.514. The molecule has 0 amide bonds. The summed E-state index contributed by atoms with van der Waals surface area (Å²) in [6.07, 6.45) is 10.7. The first-order valence-corrected chi connectivity index (χ1v) is 7.77. The lowest BCUT2D eigenvalue weighted by Gasteiger charge is -2.22. The van der Waals surface area contributed by atoms with Gasteiger partial charge in [-0.15, -0.1) is 0 Å². The highest BCUT2D eigenvalue weighted by atomic mass is 127. The minimum Gasteiger partial charge on any atom is -0.0991 e. The van der Waals surface area contributed by atoms with Crippen molar-refractivity contribution in [3.05, 3.63) is 71.2 Å². The molecular formula is C18H19I. The largest absolute Gasteiger partial charge is 0.0991 e. The van der Waals surface area contributed by atoms with Crippen molar-refractivity contribution < 1.29 is 0 Å². The molecule has 2 rings (SSSR count). The Morgan fingerprint density at radius 2 is 2.05 bits per heavy atom. The van der Waals surface area contributed by atoms with Crippen molar-refractivity contribution in [3.63, 3.8) is 0 Å². The van der Waals surface area contributed by atoms with Crippen LogP contribution in [-0.4, -0.2) is 3.92 Å². The van der Waals surface area contributed by atoms with Crippen LogP contribution in [0.5, 0.6) is 0 Å². The Kier molecular flexibility index (Phi) is 4.81. The zero-order valence-corrected chi connectivity index (χ0v) is 13.6. The number of allylic oxidation sites excluding steroid dienone is 5. The van der Waals surface area contributed by atoms with Gasteiger partial charge in [-0.25, -0.2) is 0 Å². The van der Waals surface area contributed by atoms with E-state index in [9.17, 15) is 0 Å². The van der Waals surface area contributed by atoms with E-state index in [-0.39, 0.29) is 0 Å². The molecule has 0 spiro atoms. The molecular weight excluding hydrogens is 343 g/mol. The highest BCUT2D eigenvalue weighted by Gasteiger charge is 2.19. The number of halogens is 1. The first-order valence-electron chi connectivity index (χ1n) is 6.53. The second-order valence-corrected chi connectivity index (χ2v) is 6.35. The van der Waals surface area contributed by atoms with E-state index in [1.807, 2.05) is 12.2 Å². The average Bonchev–Trinajstić information content (AvgIpc) is 2.39. The van der Waals surface area contributed by atoms with Crippen molar-refractivity contribution in [3.8, 4) is 0 Å². The zero-order valence-electron chi connectivity index (χ0n) is 11.4. The average molecular weight is 362 g/mol. The molecule has 0 aromatic heterocycles. The van der Waals surface area contributed by atoms with Crippen molar-refractivity contribution in [1.29, 1.82) is 0 Å². The Morgan fingerprint density at radius 1 is 1.32 bits per heavy atom. The fraction of sp³-hybridized carbons (Fsp3) is 0.222. The fourth-order valence-electron chi connectivity index (χ4n) is 2.44. The van der Waals surface area contributed by atoms with Crippen LogP contribution in [0.3, 0.4) is 0 Å². The van der Waals surface area contributed by atoms with E-state index < -0.39 is 0 Å². The summed E-state index contributed by atoms with van der Waals surface area (Å²) in [7, 11) is 0. The van der Waals surface area contributed by atoms with Crippen LogP contribution in [0.1, 0.15) is 13.8 Å². The van der Waals surface area contributed by atoms with Crippen LogP contribution in [0.2, 0.25) is 0 Å². The molecule has 0 bridgehead atoms. The SMILES string of the molecule is C=C/C=C(C)/C=C\C1C(C)=c2ccccc2=C[C@@H]1I. The maximum Gasteiger partial charge on any atom is 0.0398 e. The predicted molar refractivity (Wildman–Crippen MR) is 93.6 cm³/mol. The van der Waals surface area contributed by atoms with Gasteiger partial charge in [0.2, 0.25) is 0 Å². The second kappa shape index (κ2) is 6.38. The third-order valence-electron chi connectivity index (χ3n) is 3.51. The lowest BCUT2D eigenvalue weighted by Crippen LogP contribution is -2.35. The number of alkyl halides is 1. The van der Waals surface area contributed by atoms with E-state index in [2.05, 4.69) is 85.5 Å². The maximum absolute atomic E-state index is 3.73. The maximum atomic E-state index is 3.73. The summed E-state index contributed by atoms with van der Waals surface area (Å²) in [6, 6.07) is 8.65. The van der Waals surface area contributed by atoms with E-state index in [0.717, 1.165) is 0 Å². The molecule has 1 aromatic rings. The lowest BCUT2D eigenvalue weighted by atomic mass is 9.89. The van der Waals surface area contributed by atoms with Gasteiger partial charge in [-0.1, -0.05) is 95.0 Å². The van der Waals surface area contributed by atoms with Gasteiger partial charge in [-0.3, -0.25) is 0 Å². The third kappa shape index (κ3) is 3.27. The number of fused-ring (bicyclic) bond motifs is 1. The first-order chi connectivity index (χ1) is 9.13. The molecule has 0 aliphatic heterocycles. The van der Waals surface area contributed by atoms with Crippen molar-refractivity contribution in [2.45, 2.75) is 17.8 Å². The van der Waals surface area contributed by atoms with Gasteiger partial charge < -0.3 is 0 Å². The molecule has 0 fully saturated rings. The molecule has 1 unspecified atom stereocenters. The summed E-state index contributed by atoms with van der Waals surface area (Å²) in [5, 5.41) is 2.75. The fourth-order valence-corrected chi connectivity index (χ4v) is 3.61. The highest BCUT2D eigenvalue weighted by molar-refractivity contribution is 14.1. The quantitative estimate of drug-likeness (QED) is 0.436. The monoisotopic (exact) mass is 362 g/mol. The van der Waals surface area contributed by atoms with Crippen LogP contribution in [0.15, 0.2) is 60.7 Å². The molecule has 0 heterocycles. The number of benzene rings is 1. The van der Waals surface area contributed by atoms with Crippen LogP contribution < -0.4 is 10.4 Å². The van der Waals surface area contributed by atoms with Gasteiger partial charge in [-0.2, -0.15) is 0 Å². The third-order valence-corrected chi connectivity index (χ3v) is 4.65. The summed E-state index contributed by atoms with van der Waals surface area (Å²) >= 11 is 2.53. The molecule has 1 aliphatic carbocycles. The molecule has 0 saturated carbocycles. The summed E-state index contributed by atoms with van der Waals surface area (Å²) in [4.78, 5) is 0. The Bertz CT molecular complexity index is 647. The van der Waals surface area contributed by atoms with Crippen LogP contribution in [0, 0.1) is 5.92 Å². The minimum atomic E-state index is 0.476. The van der Waals surface area contributed by atoms with E-state index >= 15 is 0 Å². The van der Waals surface area contributed by atoms with Gasteiger partial charge in [-0.05, 0) is 24.3 Å². The number of hydrogen-bond donors (Lipinski definition) is 0. The Labute approximate surface area is 129 Å². The van der Waals surface area contributed by atoms with Crippen molar-refractivity contribution in [2.24, 2.45) is 5.92 Å². The van der Waals surface area contributed by atoms with Crippen molar-refractivity contribution in [2.75, 3.05) is 0 Å². The normalized spacial score (nSPS) is 23.1. The zero-order chi connectivity index (χ0) is 13.8. The molecule has 19 heavy (non-hydrogen) atoms. The van der Waals surface area contributed by atoms with Gasteiger partial charge in [0.05, 0.1) is 0 Å². The Balaban J connectivity index is 2.42. The van der Waals surface area contributed by atoms with E-state index in [1.165, 1.54) is 21.6 Å². The van der Waals surface area contributed by atoms with E-state index in [1.54, 1.807) is 0 Å². The second-order valence-electron chi connectivity index (χ2n) is 4.91. The van der Waals surface area contributed by atoms with Gasteiger partial charge in [0, 0.05) is 9.84 Å². The van der Waals surface area contributed by atoms with E-state index in [4.69, 9.17) is 0 Å². The van der Waals surface area contributed by atoms with Crippen LogP contribution >= 0.6 is 22.6 Å². The summed E-state index contributed by atoms with van der Waals surface area (Å²) in [5.41, 5.74) is 2.70. The molecule has 2 atom stereocenters. The summed E-state index contributed by atoms with van der Waals surface area (Å²) in [6.45, 7) is 8.09. The predicted octanol–water partition coefficient (Wildman–Crippen LogP) is 3.76. The van der Waals surface area contributed by atoms with Crippen LogP contribution in [0.4, 0.5) is 0 Å². The van der Waals surface area contributed by atoms with Gasteiger partial charge in [0.15, 0.2) is 0 Å². The van der Waals surface area contributed by atoms with E-state index in [0.29, 0.717) is 9.84 Å². The molecule has 1 aromatic carbocycles. The molecule has 1 heteroatoms. The first kappa shape index (κ1) is 14.3. The molecule has 1 aliphatic rings. The van der Waals surface area contributed by atoms with Gasteiger partial charge in [0.25, 0.3) is 0 Å². The highest BCUT2D eigenvalue weighted by Crippen LogP contribution is 2.26. The van der Waals surface area contributed by atoms with Crippen molar-refractivity contribution in [1.82, 2.24) is 0 Å². The molecule has 0 nitrogen and oxygen atoms in total. The molecule has 0 radical (unpaired) electrons. The smallest absolute Gasteiger partial charge is 0.0398 e. The lowest BCUT2D eigenvalue weighted by molar-refractivity contribution is 0.891. The van der Waals surface area contributed by atoms with Gasteiger partial charge >= 0.3 is 0 Å².